The van der Waals surface area contributed by atoms with Crippen molar-refractivity contribution in [2.45, 2.75) is 64.1 Å². The lowest BCUT2D eigenvalue weighted by atomic mass is 9.80. The third-order valence-corrected chi connectivity index (χ3v) is 9.21. The lowest BCUT2D eigenvalue weighted by molar-refractivity contribution is -0.229. The van der Waals surface area contributed by atoms with E-state index in [1.807, 2.05) is 24.3 Å². The van der Waals surface area contributed by atoms with E-state index in [0.717, 1.165) is 60.7 Å². The number of thiophene rings is 1. The Hall–Kier alpha value is -4.98. The first-order valence-corrected chi connectivity index (χ1v) is 16.7. The highest BCUT2D eigenvalue weighted by atomic mass is 32.1. The summed E-state index contributed by atoms with van der Waals surface area (Å²) >= 11 is 1.35. The molecule has 0 saturated carbocycles. The van der Waals surface area contributed by atoms with Crippen molar-refractivity contribution in [3.05, 3.63) is 98.0 Å². The number of ether oxygens (including phenoxy) is 2. The van der Waals surface area contributed by atoms with Crippen LogP contribution in [0.15, 0.2) is 82.7 Å². The van der Waals surface area contributed by atoms with Gasteiger partial charge in [-0.05, 0) is 73.7 Å². The molecule has 4 rings (SSSR count). The zero-order chi connectivity index (χ0) is 34.7. The van der Waals surface area contributed by atoms with E-state index in [1.165, 1.54) is 35.6 Å². The summed E-state index contributed by atoms with van der Waals surface area (Å²) < 4.78 is 56.4. The lowest BCUT2D eigenvalue weighted by Crippen LogP contribution is -2.48. The molecule has 0 spiro atoms. The molecule has 10 heteroatoms. The predicted octanol–water partition coefficient (Wildman–Crippen LogP) is 10.1. The summed E-state index contributed by atoms with van der Waals surface area (Å²) in [6, 6.07) is 14.7. The van der Waals surface area contributed by atoms with Crippen LogP contribution >= 0.6 is 11.3 Å². The first kappa shape index (κ1) is 35.9. The number of anilines is 1. The van der Waals surface area contributed by atoms with Crippen LogP contribution in [0.4, 0.5) is 18.9 Å². The molecular formula is C38H37F3N4O2S. The van der Waals surface area contributed by atoms with E-state index < -0.39 is 34.3 Å². The monoisotopic (exact) mass is 670 g/mol. The van der Waals surface area contributed by atoms with Gasteiger partial charge in [-0.2, -0.15) is 29.0 Å². The number of halogens is 3. The Morgan fingerprint density at radius 1 is 1.00 bits per heavy atom. The number of benzene rings is 1. The number of allylic oxidation sites excluding steroid dienone is 5. The van der Waals surface area contributed by atoms with Gasteiger partial charge in [0.2, 0.25) is 0 Å². The van der Waals surface area contributed by atoms with E-state index in [-0.39, 0.29) is 12.0 Å². The fourth-order valence-electron chi connectivity index (χ4n) is 5.69. The number of rotatable bonds is 13. The number of nitriles is 3. The van der Waals surface area contributed by atoms with Crippen molar-refractivity contribution in [3.63, 3.8) is 0 Å². The van der Waals surface area contributed by atoms with E-state index in [1.54, 1.807) is 37.5 Å². The molecule has 1 aromatic carbocycles. The molecule has 0 radical (unpaired) electrons. The summed E-state index contributed by atoms with van der Waals surface area (Å²) in [4.78, 5) is 3.87. The smallest absolute Gasteiger partial charge is 0.436 e. The lowest BCUT2D eigenvalue weighted by Gasteiger charge is -2.36. The molecule has 0 N–H and O–H groups in total. The van der Waals surface area contributed by atoms with Crippen LogP contribution in [0.1, 0.15) is 67.7 Å². The van der Waals surface area contributed by atoms with Crippen molar-refractivity contribution < 1.29 is 22.6 Å². The number of methoxy groups -OCH3 is 1. The summed E-state index contributed by atoms with van der Waals surface area (Å²) in [7, 11) is 1.64. The fraction of sp³-hybridized carbons (Fsp3) is 0.342. The highest BCUT2D eigenvalue weighted by Crippen LogP contribution is 2.55. The Bertz CT molecular complexity index is 1780. The molecule has 0 fully saturated rings. The molecule has 1 unspecified atom stereocenters. The summed E-state index contributed by atoms with van der Waals surface area (Å²) in [5, 5.41) is 28.9. The molecule has 1 aliphatic carbocycles. The van der Waals surface area contributed by atoms with Crippen LogP contribution in [0.5, 0.6) is 5.75 Å². The maximum Gasteiger partial charge on any atom is 0.436 e. The largest absolute Gasteiger partial charge is 0.496 e. The van der Waals surface area contributed by atoms with Crippen molar-refractivity contribution in [1.82, 2.24) is 0 Å². The number of unbranched alkanes of at least 4 members (excludes halogenated alkanes) is 2. The van der Waals surface area contributed by atoms with Crippen LogP contribution in [-0.4, -0.2) is 32.0 Å². The van der Waals surface area contributed by atoms with Gasteiger partial charge in [0.1, 0.15) is 29.5 Å². The second-order valence-corrected chi connectivity index (χ2v) is 12.4. The Morgan fingerprint density at radius 3 is 2.21 bits per heavy atom. The van der Waals surface area contributed by atoms with Gasteiger partial charge in [-0.3, -0.25) is 0 Å². The number of alkyl halides is 3. The molecule has 0 saturated heterocycles. The molecule has 1 aliphatic heterocycles. The molecule has 0 bridgehead atoms. The van der Waals surface area contributed by atoms with E-state index in [0.29, 0.717) is 11.3 Å². The summed E-state index contributed by atoms with van der Waals surface area (Å²) in [5.74, 6) is 0.0764. The summed E-state index contributed by atoms with van der Waals surface area (Å²) in [5.41, 5.74) is -2.77. The van der Waals surface area contributed by atoms with Crippen molar-refractivity contribution in [1.29, 1.82) is 15.8 Å². The van der Waals surface area contributed by atoms with E-state index in [2.05, 4.69) is 30.9 Å². The second-order valence-electron chi connectivity index (χ2n) is 11.3. The summed E-state index contributed by atoms with van der Waals surface area (Å²) in [6.07, 6.45) is 11.0. The van der Waals surface area contributed by atoms with Gasteiger partial charge >= 0.3 is 6.18 Å². The second kappa shape index (κ2) is 16.2. The molecular weight excluding hydrogens is 634 g/mol. The van der Waals surface area contributed by atoms with Crippen molar-refractivity contribution in [2.24, 2.45) is 0 Å². The molecule has 1 aromatic heterocycles. The molecule has 1 atom stereocenters. The van der Waals surface area contributed by atoms with Gasteiger partial charge in [0.25, 0.3) is 5.60 Å². The van der Waals surface area contributed by atoms with Gasteiger partial charge in [0.05, 0.1) is 7.11 Å². The van der Waals surface area contributed by atoms with Gasteiger partial charge in [-0.15, -0.1) is 11.3 Å². The maximum absolute atomic E-state index is 15.1. The van der Waals surface area contributed by atoms with Crippen molar-refractivity contribution in [2.75, 3.05) is 25.1 Å². The molecule has 248 valence electrons. The highest BCUT2D eigenvalue weighted by Gasteiger charge is 2.65. The Balaban J connectivity index is 1.68. The summed E-state index contributed by atoms with van der Waals surface area (Å²) in [6.45, 7) is 6.32. The van der Waals surface area contributed by atoms with E-state index in [9.17, 15) is 15.8 Å². The molecule has 48 heavy (non-hydrogen) atoms. The first-order valence-electron chi connectivity index (χ1n) is 15.9. The van der Waals surface area contributed by atoms with Crippen molar-refractivity contribution >= 4 is 35.3 Å². The number of hydrogen-bond acceptors (Lipinski definition) is 7. The normalized spacial score (nSPS) is 17.6. The van der Waals surface area contributed by atoms with Gasteiger partial charge < -0.3 is 14.4 Å². The van der Waals surface area contributed by atoms with Crippen LogP contribution in [0, 0.1) is 34.0 Å². The van der Waals surface area contributed by atoms with E-state index >= 15 is 13.2 Å². The van der Waals surface area contributed by atoms with Crippen LogP contribution in [0.2, 0.25) is 0 Å². The third kappa shape index (κ3) is 7.59. The minimum Gasteiger partial charge on any atom is -0.496 e. The van der Waals surface area contributed by atoms with E-state index in [4.69, 9.17) is 9.47 Å². The van der Waals surface area contributed by atoms with Crippen molar-refractivity contribution in [3.8, 4) is 24.0 Å². The van der Waals surface area contributed by atoms with Gasteiger partial charge in [0.15, 0.2) is 11.3 Å². The average molecular weight is 671 g/mol. The molecule has 0 amide bonds. The third-order valence-electron chi connectivity index (χ3n) is 8.19. The van der Waals surface area contributed by atoms with Crippen LogP contribution in [-0.2, 0) is 4.74 Å². The number of nitrogens with zero attached hydrogens (tertiary/aromatic N) is 4. The fourth-order valence-corrected chi connectivity index (χ4v) is 6.50. The Morgan fingerprint density at radius 2 is 1.67 bits per heavy atom. The maximum atomic E-state index is 15.1. The molecule has 2 heterocycles. The first-order chi connectivity index (χ1) is 23.2. The van der Waals surface area contributed by atoms with Gasteiger partial charge in [-0.25, -0.2) is 0 Å². The van der Waals surface area contributed by atoms with Crippen LogP contribution in [0.3, 0.4) is 0 Å². The molecule has 6 nitrogen and oxygen atoms in total. The van der Waals surface area contributed by atoms with Gasteiger partial charge in [-0.1, -0.05) is 51.0 Å². The predicted molar refractivity (Wildman–Crippen MR) is 185 cm³/mol. The molecule has 2 aromatic rings. The zero-order valence-corrected chi connectivity index (χ0v) is 28.0. The topological polar surface area (TPSA) is 93.1 Å². The molecule has 2 aliphatic rings. The Kier molecular flexibility index (Phi) is 12.1. The zero-order valence-electron chi connectivity index (χ0n) is 27.2. The quantitative estimate of drug-likeness (QED) is 0.197. The van der Waals surface area contributed by atoms with Crippen LogP contribution in [0.25, 0.3) is 18.2 Å². The van der Waals surface area contributed by atoms with Gasteiger partial charge in [0, 0.05) is 45.7 Å². The Labute approximate surface area is 284 Å². The average Bonchev–Trinajstić information content (AvgIpc) is 3.70. The minimum atomic E-state index is -5.00. The SMILES string of the molecule is CCCCN(CCCC)c1ccc(/C=C/c2ccc(/C=C/C3=C(C#N)C(=C(C#N)C#N)OC3(C3=CC=CCC3)C(F)(F)F)s2)c(OC)c1. The number of hydrogen-bond donors (Lipinski definition) is 0. The minimum absolute atomic E-state index is 0.0294. The highest BCUT2D eigenvalue weighted by molar-refractivity contribution is 7.13. The van der Waals surface area contributed by atoms with Crippen LogP contribution < -0.4 is 9.64 Å². The standard InChI is InChI=1S/C38H37F3N4O2S/c1-4-6-21-45(22-7-5-2)30-15-13-27(35(23-30)46-3)14-16-31-17-18-32(48-31)19-20-34-33(26-44)36(28(24-42)25-43)47-37(34,38(39,40)41)29-11-9-8-10-12-29/h8-9,11,13-20,23H,4-7,10,12,21-22H2,1-3H3/b16-14+,20-19+.